The topological polar surface area (TPSA) is 54.6 Å². The molecule has 146 valence electrons. The van der Waals surface area contributed by atoms with Crippen LogP contribution in [0, 0.1) is 0 Å². The number of aromatic carboxylic acids is 1. The smallest absolute Gasteiger partial charge is 0.335 e. The highest BCUT2D eigenvalue weighted by molar-refractivity contribution is 7.23. The Labute approximate surface area is 166 Å². The largest absolute Gasteiger partial charge is 0.478 e. The van der Waals surface area contributed by atoms with Crippen LogP contribution in [0.2, 0.25) is 0 Å². The number of imidazole rings is 1. The molecule has 0 aliphatic heterocycles. The minimum absolute atomic E-state index is 0.294. The summed E-state index contributed by atoms with van der Waals surface area (Å²) in [6.45, 7) is 19.0. The Kier molecular flexibility index (Phi) is 11.4. The summed E-state index contributed by atoms with van der Waals surface area (Å²) in [7, 11) is 0. The zero-order valence-electron chi connectivity index (χ0n) is 17.1. The highest BCUT2D eigenvalue weighted by Gasteiger charge is 2.12. The van der Waals surface area contributed by atoms with Crippen LogP contribution in [-0.4, -0.2) is 20.5 Å². The molecule has 0 atom stereocenters. The van der Waals surface area contributed by atoms with Crippen LogP contribution in [0.25, 0.3) is 20.8 Å². The first-order chi connectivity index (χ1) is 13.0. The van der Waals surface area contributed by atoms with E-state index < -0.39 is 5.97 Å². The van der Waals surface area contributed by atoms with Crippen LogP contribution in [0.5, 0.6) is 0 Å². The molecule has 3 aromatic rings. The van der Waals surface area contributed by atoms with Crippen LogP contribution in [0.1, 0.15) is 57.6 Å². The van der Waals surface area contributed by atoms with Gasteiger partial charge in [0.2, 0.25) is 0 Å². The highest BCUT2D eigenvalue weighted by Crippen LogP contribution is 2.29. The van der Waals surface area contributed by atoms with E-state index >= 15 is 0 Å². The van der Waals surface area contributed by atoms with Gasteiger partial charge >= 0.3 is 5.97 Å². The maximum absolute atomic E-state index is 11.0. The van der Waals surface area contributed by atoms with Crippen molar-refractivity contribution in [3.8, 4) is 0 Å². The van der Waals surface area contributed by atoms with Gasteiger partial charge in [0.15, 0.2) is 4.96 Å². The standard InChI is InChI=1S/C15H12N2O2S.C3H6.2C2H6/c1-3-9(4-2)11-8-17-12-6-5-10(14(18)19)7-13(12)20-15(17)16-11;1-3-2;2*1-2/h3-8H,1H2,2H3,(H,18,19);3H,1H2,2H3;2*1-2H3/b9-4+;;;. The van der Waals surface area contributed by atoms with Crippen molar-refractivity contribution in [2.45, 2.75) is 41.5 Å². The first-order valence-corrected chi connectivity index (χ1v) is 9.88. The Morgan fingerprint density at radius 1 is 1.19 bits per heavy atom. The third-order valence-electron chi connectivity index (χ3n) is 3.17. The van der Waals surface area contributed by atoms with Gasteiger partial charge in [0.1, 0.15) is 0 Å². The molecule has 0 radical (unpaired) electrons. The van der Waals surface area contributed by atoms with Gasteiger partial charge in [0.05, 0.1) is 21.5 Å². The van der Waals surface area contributed by atoms with E-state index in [0.717, 1.165) is 26.4 Å². The van der Waals surface area contributed by atoms with Crippen LogP contribution < -0.4 is 0 Å². The van der Waals surface area contributed by atoms with Crippen LogP contribution in [0.3, 0.4) is 0 Å². The van der Waals surface area contributed by atoms with Gasteiger partial charge in [-0.1, -0.05) is 63.8 Å². The number of rotatable bonds is 3. The molecule has 2 heterocycles. The van der Waals surface area contributed by atoms with Gasteiger partial charge in [-0.05, 0) is 37.6 Å². The molecular formula is C22H30N2O2S. The van der Waals surface area contributed by atoms with Crippen molar-refractivity contribution in [2.24, 2.45) is 0 Å². The van der Waals surface area contributed by atoms with Crippen LogP contribution in [0.4, 0.5) is 0 Å². The molecule has 1 N–H and O–H groups in total. The minimum atomic E-state index is -0.915. The second-order valence-corrected chi connectivity index (χ2v) is 5.73. The maximum Gasteiger partial charge on any atom is 0.335 e. The van der Waals surface area contributed by atoms with E-state index in [0.29, 0.717) is 5.56 Å². The Morgan fingerprint density at radius 2 is 1.78 bits per heavy atom. The summed E-state index contributed by atoms with van der Waals surface area (Å²) in [5, 5.41) is 9.01. The third kappa shape index (κ3) is 5.93. The molecule has 5 heteroatoms. The van der Waals surface area contributed by atoms with Gasteiger partial charge in [-0.3, -0.25) is 4.40 Å². The number of hydrogen-bond acceptors (Lipinski definition) is 3. The van der Waals surface area contributed by atoms with E-state index in [2.05, 4.69) is 18.1 Å². The fraction of sp³-hybridized carbons (Fsp3) is 0.273. The first-order valence-electron chi connectivity index (χ1n) is 9.06. The first kappa shape index (κ1) is 24.3. The van der Waals surface area contributed by atoms with Crippen molar-refractivity contribution in [3.63, 3.8) is 0 Å². The van der Waals surface area contributed by atoms with Gasteiger partial charge < -0.3 is 5.11 Å². The van der Waals surface area contributed by atoms with Crippen molar-refractivity contribution in [1.29, 1.82) is 0 Å². The molecule has 0 saturated heterocycles. The Morgan fingerprint density at radius 3 is 2.26 bits per heavy atom. The van der Waals surface area contributed by atoms with E-state index in [-0.39, 0.29) is 0 Å². The summed E-state index contributed by atoms with van der Waals surface area (Å²) >= 11 is 1.48. The normalized spacial score (nSPS) is 9.93. The lowest BCUT2D eigenvalue weighted by atomic mass is 10.2. The SMILES string of the molecule is C=C/C(=C\C)c1cn2c(n1)sc1cc(C(=O)O)ccc12.C=CC.CC.CC. The van der Waals surface area contributed by atoms with Crippen molar-refractivity contribution in [1.82, 2.24) is 9.38 Å². The summed E-state index contributed by atoms with van der Waals surface area (Å²) in [6, 6.07) is 5.11. The summed E-state index contributed by atoms with van der Waals surface area (Å²) in [6.07, 6.45) is 7.44. The van der Waals surface area contributed by atoms with Crippen molar-refractivity contribution >= 4 is 38.1 Å². The maximum atomic E-state index is 11.0. The van der Waals surface area contributed by atoms with E-state index in [9.17, 15) is 4.79 Å². The van der Waals surface area contributed by atoms with E-state index in [1.807, 2.05) is 64.3 Å². The zero-order valence-corrected chi connectivity index (χ0v) is 17.9. The average molecular weight is 387 g/mol. The second-order valence-electron chi connectivity index (χ2n) is 4.72. The van der Waals surface area contributed by atoms with Crippen molar-refractivity contribution < 1.29 is 9.90 Å². The number of aromatic nitrogens is 2. The molecule has 27 heavy (non-hydrogen) atoms. The zero-order chi connectivity index (χ0) is 21.0. The van der Waals surface area contributed by atoms with Gasteiger partial charge in [-0.2, -0.15) is 0 Å². The predicted octanol–water partition coefficient (Wildman–Crippen LogP) is 7.08. The molecule has 0 saturated carbocycles. The van der Waals surface area contributed by atoms with Gasteiger partial charge in [0, 0.05) is 6.20 Å². The summed E-state index contributed by atoms with van der Waals surface area (Å²) in [4.78, 5) is 16.4. The molecular weight excluding hydrogens is 356 g/mol. The number of benzene rings is 1. The molecule has 3 rings (SSSR count). The molecule has 0 spiro atoms. The monoisotopic (exact) mass is 386 g/mol. The quantitative estimate of drug-likeness (QED) is 0.386. The average Bonchev–Trinajstić information content (AvgIpc) is 3.24. The number of nitrogens with zero attached hydrogens (tertiary/aromatic N) is 2. The molecule has 1 aromatic carbocycles. The van der Waals surface area contributed by atoms with E-state index in [1.165, 1.54) is 11.3 Å². The summed E-state index contributed by atoms with van der Waals surface area (Å²) < 4.78 is 2.90. The Balaban J connectivity index is 0.000000860. The number of carboxylic acid groups (broad SMARTS) is 1. The lowest BCUT2D eigenvalue weighted by molar-refractivity contribution is 0.0697. The van der Waals surface area contributed by atoms with Gasteiger partial charge in [0.25, 0.3) is 0 Å². The number of fused-ring (bicyclic) bond motifs is 3. The molecule has 0 amide bonds. The van der Waals surface area contributed by atoms with Gasteiger partial charge in [-0.25, -0.2) is 9.78 Å². The van der Waals surface area contributed by atoms with E-state index in [4.69, 9.17) is 5.11 Å². The minimum Gasteiger partial charge on any atom is -0.478 e. The number of allylic oxidation sites excluding steroid dienone is 4. The van der Waals surface area contributed by atoms with Crippen molar-refractivity contribution in [2.75, 3.05) is 0 Å². The van der Waals surface area contributed by atoms with Crippen LogP contribution >= 0.6 is 11.3 Å². The van der Waals surface area contributed by atoms with E-state index in [1.54, 1.807) is 24.3 Å². The lowest BCUT2D eigenvalue weighted by Crippen LogP contribution is -1.94. The van der Waals surface area contributed by atoms with Crippen LogP contribution in [0.15, 0.2) is 55.8 Å². The molecule has 4 nitrogen and oxygen atoms in total. The molecule has 0 unspecified atom stereocenters. The van der Waals surface area contributed by atoms with Crippen LogP contribution in [-0.2, 0) is 0 Å². The molecule has 0 bridgehead atoms. The molecule has 0 aliphatic rings. The fourth-order valence-corrected chi connectivity index (χ4v) is 3.19. The Bertz CT molecular complexity index is 917. The van der Waals surface area contributed by atoms with Gasteiger partial charge in [-0.15, -0.1) is 6.58 Å². The van der Waals surface area contributed by atoms with Crippen molar-refractivity contribution in [3.05, 3.63) is 67.0 Å². The number of carbonyl (C=O) groups is 1. The predicted molar refractivity (Wildman–Crippen MR) is 120 cm³/mol. The molecule has 2 aromatic heterocycles. The second kappa shape index (κ2) is 12.7. The fourth-order valence-electron chi connectivity index (χ4n) is 2.14. The number of carboxylic acids is 1. The number of hydrogen-bond donors (Lipinski definition) is 1. The summed E-state index contributed by atoms with van der Waals surface area (Å²) in [5.41, 5.74) is 3.12. The third-order valence-corrected chi connectivity index (χ3v) is 4.19. The Hall–Kier alpha value is -2.66. The molecule has 0 aliphatic carbocycles. The highest BCUT2D eigenvalue weighted by atomic mass is 32.1. The number of thiazole rings is 1. The summed E-state index contributed by atoms with van der Waals surface area (Å²) in [5.74, 6) is -0.915. The lowest BCUT2D eigenvalue weighted by Gasteiger charge is -1.96. The molecule has 0 fully saturated rings.